The topological polar surface area (TPSA) is 73.5 Å². The molecule has 6 nitrogen and oxygen atoms in total. The summed E-state index contributed by atoms with van der Waals surface area (Å²) in [5, 5.41) is 8.93. The van der Waals surface area contributed by atoms with Gasteiger partial charge in [-0.25, -0.2) is 9.59 Å². The van der Waals surface area contributed by atoms with Crippen molar-refractivity contribution >= 4 is 6.16 Å². The lowest BCUT2D eigenvalue weighted by atomic mass is 10.0. The largest absolute Gasteiger partial charge is 0.511 e. The van der Waals surface area contributed by atoms with Gasteiger partial charge in [0.2, 0.25) is 5.95 Å². The molecule has 3 aromatic rings. The van der Waals surface area contributed by atoms with E-state index < -0.39 is 12.1 Å². The van der Waals surface area contributed by atoms with E-state index in [0.717, 1.165) is 30.4 Å². The molecule has 0 unspecified atom stereocenters. The van der Waals surface area contributed by atoms with E-state index in [0.29, 0.717) is 24.2 Å². The molecule has 0 saturated heterocycles. The smallest absolute Gasteiger partial charge is 0.449 e. The van der Waals surface area contributed by atoms with Crippen LogP contribution in [0.25, 0.3) is 11.1 Å². The van der Waals surface area contributed by atoms with Gasteiger partial charge in [0.25, 0.3) is 0 Å². The first kappa shape index (κ1) is 22.3. The van der Waals surface area contributed by atoms with Gasteiger partial charge in [0, 0.05) is 12.1 Å². The number of hydrogen-bond acceptors (Lipinski definition) is 3. The van der Waals surface area contributed by atoms with E-state index in [9.17, 15) is 14.0 Å². The van der Waals surface area contributed by atoms with Gasteiger partial charge >= 0.3 is 11.8 Å². The molecule has 0 bridgehead atoms. The van der Waals surface area contributed by atoms with Crippen LogP contribution >= 0.6 is 0 Å². The van der Waals surface area contributed by atoms with E-state index in [-0.39, 0.29) is 18.0 Å². The van der Waals surface area contributed by atoms with Crippen LogP contribution in [-0.2, 0) is 19.5 Å². The number of carbonyl (C=O) groups is 1. The minimum absolute atomic E-state index is 0.249. The highest BCUT2D eigenvalue weighted by Crippen LogP contribution is 2.30. The lowest BCUT2D eigenvalue weighted by Gasteiger charge is -2.10. The molecule has 0 amide bonds. The number of ether oxygens (including phenoxy) is 1. The van der Waals surface area contributed by atoms with E-state index in [1.807, 2.05) is 38.1 Å². The maximum atomic E-state index is 14.9. The van der Waals surface area contributed by atoms with Crippen LogP contribution in [0.3, 0.4) is 0 Å². The molecular weight excluding hydrogens is 399 g/mol. The Morgan fingerprint density at radius 2 is 1.74 bits per heavy atom. The van der Waals surface area contributed by atoms with E-state index in [1.54, 1.807) is 24.3 Å². The fraction of sp³-hybridized carbons (Fsp3) is 0.333. The average Bonchev–Trinajstić information content (AvgIpc) is 2.97. The zero-order chi connectivity index (χ0) is 22.4. The summed E-state index contributed by atoms with van der Waals surface area (Å²) in [6.07, 6.45) is 1.50. The molecule has 0 atom stereocenters. The first-order valence-corrected chi connectivity index (χ1v) is 10.5. The second kappa shape index (κ2) is 10.1. The van der Waals surface area contributed by atoms with Crippen molar-refractivity contribution in [3.63, 3.8) is 0 Å². The number of unbranched alkanes of at least 4 members (excludes halogenated alkanes) is 1. The maximum Gasteiger partial charge on any atom is 0.511 e. The lowest BCUT2D eigenvalue weighted by Crippen LogP contribution is -2.26. The third-order valence-electron chi connectivity index (χ3n) is 5.17. The highest BCUT2D eigenvalue weighted by Gasteiger charge is 2.19. The van der Waals surface area contributed by atoms with Crippen molar-refractivity contribution in [3.05, 3.63) is 76.2 Å². The minimum atomic E-state index is -1.37. The zero-order valence-electron chi connectivity index (χ0n) is 17.8. The fourth-order valence-electron chi connectivity index (χ4n) is 3.62. The first-order valence-electron chi connectivity index (χ1n) is 10.5. The predicted octanol–water partition coefficient (Wildman–Crippen LogP) is 5.31. The molecule has 0 saturated carbocycles. The summed E-state index contributed by atoms with van der Waals surface area (Å²) in [4.78, 5) is 23.8. The quantitative estimate of drug-likeness (QED) is 0.372. The zero-order valence-corrected chi connectivity index (χ0v) is 17.8. The highest BCUT2D eigenvalue weighted by atomic mass is 19.1. The number of halogens is 1. The Bertz CT molecular complexity index is 1100. The van der Waals surface area contributed by atoms with Crippen LogP contribution < -0.4 is 10.4 Å². The Labute approximate surface area is 180 Å². The molecule has 3 rings (SSSR count). The summed E-state index contributed by atoms with van der Waals surface area (Å²) < 4.78 is 22.5. The summed E-state index contributed by atoms with van der Waals surface area (Å²) in [5.41, 5.74) is 2.41. The van der Waals surface area contributed by atoms with Crippen molar-refractivity contribution < 1.29 is 19.0 Å². The van der Waals surface area contributed by atoms with Gasteiger partial charge in [-0.3, -0.25) is 9.13 Å². The minimum Gasteiger partial charge on any atom is -0.449 e. The highest BCUT2D eigenvalue weighted by molar-refractivity contribution is 5.74. The summed E-state index contributed by atoms with van der Waals surface area (Å²) in [6, 6.07) is 14.3. The number of para-hydroxylation sites is 1. The van der Waals surface area contributed by atoms with Crippen molar-refractivity contribution in [2.45, 2.75) is 52.6 Å². The number of carboxylic acid groups (broad SMARTS) is 1. The van der Waals surface area contributed by atoms with E-state index in [1.165, 1.54) is 9.13 Å². The molecule has 0 radical (unpaired) electrons. The van der Waals surface area contributed by atoms with Gasteiger partial charge < -0.3 is 9.84 Å². The van der Waals surface area contributed by atoms with Crippen LogP contribution in [0, 0.1) is 5.95 Å². The molecule has 2 aromatic carbocycles. The number of imidazole rings is 1. The van der Waals surface area contributed by atoms with Crippen molar-refractivity contribution in [2.75, 3.05) is 0 Å². The maximum absolute atomic E-state index is 14.9. The Morgan fingerprint density at radius 1 is 1.03 bits per heavy atom. The fourth-order valence-corrected chi connectivity index (χ4v) is 3.62. The number of rotatable bonds is 9. The molecule has 164 valence electrons. The van der Waals surface area contributed by atoms with Crippen molar-refractivity contribution in [1.82, 2.24) is 9.13 Å². The molecule has 1 aromatic heterocycles. The van der Waals surface area contributed by atoms with Gasteiger partial charge in [-0.05, 0) is 30.0 Å². The summed E-state index contributed by atoms with van der Waals surface area (Å²) >= 11 is 0. The molecule has 7 heteroatoms. The number of aromatic nitrogens is 2. The Hall–Kier alpha value is -3.35. The third-order valence-corrected chi connectivity index (χ3v) is 5.17. The molecule has 0 aliphatic carbocycles. The molecule has 0 fully saturated rings. The van der Waals surface area contributed by atoms with Crippen LogP contribution in [-0.4, -0.2) is 20.4 Å². The van der Waals surface area contributed by atoms with Gasteiger partial charge in [-0.15, -0.1) is 0 Å². The second-order valence-electron chi connectivity index (χ2n) is 7.42. The van der Waals surface area contributed by atoms with Gasteiger partial charge in [-0.2, -0.15) is 4.39 Å². The Balaban J connectivity index is 1.90. The number of benzene rings is 2. The molecule has 0 aliphatic heterocycles. The molecular formula is C24H27FN2O4. The SMILES string of the molecule is CCCCn1c(F)c(CCC)n(Cc2ccc(-c3ccccc3OC(=O)O)cc2)c1=O. The van der Waals surface area contributed by atoms with E-state index in [2.05, 4.69) is 0 Å². The predicted molar refractivity (Wildman–Crippen MR) is 117 cm³/mol. The Morgan fingerprint density at radius 3 is 2.39 bits per heavy atom. The standard InChI is InChI=1S/C24H27FN2O4/c1-3-5-15-26-22(25)20(8-4-2)27(23(26)28)16-17-11-13-18(14-12-17)19-9-6-7-10-21(19)31-24(29)30/h6-7,9-14H,3-5,8,15-16H2,1-2H3,(H,29,30). The van der Waals surface area contributed by atoms with Gasteiger partial charge in [0.15, 0.2) is 0 Å². The van der Waals surface area contributed by atoms with Crippen LogP contribution in [0.5, 0.6) is 5.75 Å². The van der Waals surface area contributed by atoms with Crippen molar-refractivity contribution in [1.29, 1.82) is 0 Å². The summed E-state index contributed by atoms with van der Waals surface area (Å²) in [5.74, 6) is -0.184. The van der Waals surface area contributed by atoms with Crippen molar-refractivity contribution in [3.8, 4) is 16.9 Å². The average molecular weight is 426 g/mol. The van der Waals surface area contributed by atoms with E-state index >= 15 is 0 Å². The summed E-state index contributed by atoms with van der Waals surface area (Å²) in [7, 11) is 0. The normalized spacial score (nSPS) is 10.9. The number of hydrogen-bond donors (Lipinski definition) is 1. The molecule has 31 heavy (non-hydrogen) atoms. The third kappa shape index (κ3) is 5.05. The van der Waals surface area contributed by atoms with Gasteiger partial charge in [0.1, 0.15) is 5.75 Å². The molecule has 1 N–H and O–H groups in total. The second-order valence-corrected chi connectivity index (χ2v) is 7.42. The summed E-state index contributed by atoms with van der Waals surface area (Å²) in [6.45, 7) is 4.62. The molecule has 1 heterocycles. The van der Waals surface area contributed by atoms with Gasteiger partial charge in [0.05, 0.1) is 12.2 Å². The Kier molecular flexibility index (Phi) is 7.28. The molecule has 0 aliphatic rings. The van der Waals surface area contributed by atoms with Crippen LogP contribution in [0.1, 0.15) is 44.4 Å². The number of nitrogens with zero attached hydrogens (tertiary/aromatic N) is 2. The van der Waals surface area contributed by atoms with Crippen molar-refractivity contribution in [2.24, 2.45) is 0 Å². The van der Waals surface area contributed by atoms with E-state index in [4.69, 9.17) is 9.84 Å². The van der Waals surface area contributed by atoms with Crippen LogP contribution in [0.4, 0.5) is 9.18 Å². The molecule has 0 spiro atoms. The first-order chi connectivity index (χ1) is 15.0. The van der Waals surface area contributed by atoms with Crippen LogP contribution in [0.2, 0.25) is 0 Å². The monoisotopic (exact) mass is 426 g/mol. The van der Waals surface area contributed by atoms with Gasteiger partial charge in [-0.1, -0.05) is 69.2 Å². The van der Waals surface area contributed by atoms with Crippen LogP contribution in [0.15, 0.2) is 53.3 Å². The lowest BCUT2D eigenvalue weighted by molar-refractivity contribution is 0.144.